The van der Waals surface area contributed by atoms with E-state index in [1.807, 2.05) is 0 Å². The van der Waals surface area contributed by atoms with Crippen LogP contribution in [0.15, 0.2) is 18.6 Å². The lowest BCUT2D eigenvalue weighted by Gasteiger charge is -2.31. The normalized spacial score (nSPS) is 17.6. The molecule has 0 bridgehead atoms. The molecule has 1 saturated heterocycles. The maximum absolute atomic E-state index is 11.9. The summed E-state index contributed by atoms with van der Waals surface area (Å²) in [4.78, 5) is 22.2. The summed E-state index contributed by atoms with van der Waals surface area (Å²) in [7, 11) is 0. The number of rotatable bonds is 4. The van der Waals surface area contributed by atoms with Gasteiger partial charge in [-0.15, -0.1) is 0 Å². The molecule has 1 aromatic rings. The highest BCUT2D eigenvalue weighted by molar-refractivity contribution is 5.92. The summed E-state index contributed by atoms with van der Waals surface area (Å²) in [6.45, 7) is 5.49. The highest BCUT2D eigenvalue weighted by Gasteiger charge is 2.20. The summed E-state index contributed by atoms with van der Waals surface area (Å²) in [6.07, 6.45) is 7.84. The fraction of sp³-hybridized carbons (Fsp3) is 0.615. The third kappa shape index (κ3) is 3.50. The lowest BCUT2D eigenvalue weighted by atomic mass is 10.0. The first-order valence-electron chi connectivity index (χ1n) is 6.59. The summed E-state index contributed by atoms with van der Waals surface area (Å²) < 4.78 is 0. The van der Waals surface area contributed by atoms with E-state index in [0.29, 0.717) is 5.69 Å². The van der Waals surface area contributed by atoms with Crippen molar-refractivity contribution in [2.45, 2.75) is 32.2 Å². The lowest BCUT2D eigenvalue weighted by Crippen LogP contribution is -2.44. The zero-order valence-electron chi connectivity index (χ0n) is 10.8. The number of amides is 1. The lowest BCUT2D eigenvalue weighted by molar-refractivity contribution is 0.0905. The number of nitrogens with one attached hydrogen (secondary N) is 1. The first-order valence-corrected chi connectivity index (χ1v) is 6.59. The molecular formula is C13H20N4O. The van der Waals surface area contributed by atoms with Gasteiger partial charge in [0.25, 0.3) is 5.91 Å². The Morgan fingerprint density at radius 1 is 1.44 bits per heavy atom. The van der Waals surface area contributed by atoms with Gasteiger partial charge >= 0.3 is 0 Å². The second-order valence-electron chi connectivity index (χ2n) is 4.68. The maximum Gasteiger partial charge on any atom is 0.271 e. The molecule has 0 unspecified atom stereocenters. The number of carbonyl (C=O) groups is 1. The van der Waals surface area contributed by atoms with Crippen LogP contribution in [0.5, 0.6) is 0 Å². The Morgan fingerprint density at radius 2 is 2.22 bits per heavy atom. The van der Waals surface area contributed by atoms with E-state index in [4.69, 9.17) is 0 Å². The zero-order valence-corrected chi connectivity index (χ0v) is 10.8. The van der Waals surface area contributed by atoms with Crippen LogP contribution in [0, 0.1) is 0 Å². The average Bonchev–Trinajstić information content (AvgIpc) is 2.42. The van der Waals surface area contributed by atoms with Crippen molar-refractivity contribution in [2.24, 2.45) is 0 Å². The Labute approximate surface area is 108 Å². The van der Waals surface area contributed by atoms with Crippen LogP contribution in [0.25, 0.3) is 0 Å². The Kier molecular flexibility index (Phi) is 4.64. The molecule has 1 N–H and O–H groups in total. The largest absolute Gasteiger partial charge is 0.348 e. The molecule has 18 heavy (non-hydrogen) atoms. The highest BCUT2D eigenvalue weighted by Crippen LogP contribution is 2.11. The minimum Gasteiger partial charge on any atom is -0.348 e. The molecule has 1 aliphatic rings. The maximum atomic E-state index is 11.9. The van der Waals surface area contributed by atoms with Crippen molar-refractivity contribution in [2.75, 3.05) is 19.6 Å². The summed E-state index contributed by atoms with van der Waals surface area (Å²) >= 11 is 0. The van der Waals surface area contributed by atoms with Crippen molar-refractivity contribution in [3.63, 3.8) is 0 Å². The minimum absolute atomic E-state index is 0.114. The van der Waals surface area contributed by atoms with Gasteiger partial charge in [0.1, 0.15) is 5.69 Å². The van der Waals surface area contributed by atoms with Gasteiger partial charge in [-0.1, -0.05) is 6.92 Å². The fourth-order valence-corrected chi connectivity index (χ4v) is 2.29. The highest BCUT2D eigenvalue weighted by atomic mass is 16.1. The van der Waals surface area contributed by atoms with Gasteiger partial charge in [0.2, 0.25) is 0 Å². The van der Waals surface area contributed by atoms with Crippen LogP contribution in [0.1, 0.15) is 36.7 Å². The molecule has 0 aromatic carbocycles. The van der Waals surface area contributed by atoms with Crippen molar-refractivity contribution in [3.8, 4) is 0 Å². The minimum atomic E-state index is -0.114. The van der Waals surface area contributed by atoms with E-state index in [0.717, 1.165) is 32.5 Å². The topological polar surface area (TPSA) is 58.1 Å². The van der Waals surface area contributed by atoms with E-state index >= 15 is 0 Å². The first kappa shape index (κ1) is 13.0. The van der Waals surface area contributed by atoms with Gasteiger partial charge in [-0.3, -0.25) is 9.78 Å². The summed E-state index contributed by atoms with van der Waals surface area (Å²) in [5, 5.41) is 3.03. The Morgan fingerprint density at radius 3 is 2.83 bits per heavy atom. The molecule has 0 atom stereocenters. The Balaban J connectivity index is 1.80. The van der Waals surface area contributed by atoms with Gasteiger partial charge < -0.3 is 10.2 Å². The Hall–Kier alpha value is -1.49. The molecule has 2 rings (SSSR count). The third-order valence-electron chi connectivity index (χ3n) is 3.26. The Bertz CT molecular complexity index is 374. The third-order valence-corrected chi connectivity index (χ3v) is 3.26. The second kappa shape index (κ2) is 6.44. The van der Waals surface area contributed by atoms with E-state index in [1.165, 1.54) is 12.6 Å². The smallest absolute Gasteiger partial charge is 0.271 e. The van der Waals surface area contributed by atoms with Crippen LogP contribution in [-0.2, 0) is 0 Å². The number of hydrogen-bond acceptors (Lipinski definition) is 4. The fourth-order valence-electron chi connectivity index (χ4n) is 2.29. The van der Waals surface area contributed by atoms with Crippen LogP contribution < -0.4 is 5.32 Å². The molecule has 5 nitrogen and oxygen atoms in total. The molecule has 98 valence electrons. The molecule has 0 radical (unpaired) electrons. The molecule has 1 aromatic heterocycles. The van der Waals surface area contributed by atoms with E-state index in [9.17, 15) is 4.79 Å². The van der Waals surface area contributed by atoms with Crippen LogP contribution >= 0.6 is 0 Å². The summed E-state index contributed by atoms with van der Waals surface area (Å²) in [5.74, 6) is -0.114. The predicted molar refractivity (Wildman–Crippen MR) is 69.3 cm³/mol. The van der Waals surface area contributed by atoms with Gasteiger partial charge in [0.15, 0.2) is 0 Å². The van der Waals surface area contributed by atoms with Crippen LogP contribution in [0.3, 0.4) is 0 Å². The number of nitrogens with zero attached hydrogens (tertiary/aromatic N) is 3. The SMILES string of the molecule is CCCN1CCC(NC(=O)c2cnccn2)CC1. The van der Waals surface area contributed by atoms with Crippen molar-refractivity contribution >= 4 is 5.91 Å². The molecule has 1 aliphatic heterocycles. The van der Waals surface area contributed by atoms with Crippen LogP contribution in [-0.4, -0.2) is 46.5 Å². The number of hydrogen-bond donors (Lipinski definition) is 1. The quantitative estimate of drug-likeness (QED) is 0.866. The second-order valence-corrected chi connectivity index (χ2v) is 4.68. The standard InChI is InChI=1S/C13H20N4O/c1-2-7-17-8-3-11(4-9-17)16-13(18)12-10-14-5-6-15-12/h5-6,10-11H,2-4,7-9H2,1H3,(H,16,18). The summed E-state index contributed by atoms with van der Waals surface area (Å²) in [6, 6.07) is 0.271. The van der Waals surface area contributed by atoms with Crippen LogP contribution in [0.4, 0.5) is 0 Å². The zero-order chi connectivity index (χ0) is 12.8. The molecular weight excluding hydrogens is 228 g/mol. The van der Waals surface area contributed by atoms with Crippen molar-refractivity contribution in [1.29, 1.82) is 0 Å². The van der Waals surface area contributed by atoms with Crippen LogP contribution in [0.2, 0.25) is 0 Å². The van der Waals surface area contributed by atoms with Crippen molar-refractivity contribution < 1.29 is 4.79 Å². The van der Waals surface area contributed by atoms with Gasteiger partial charge in [0, 0.05) is 31.5 Å². The number of piperidine rings is 1. The van der Waals surface area contributed by atoms with E-state index in [1.54, 1.807) is 12.4 Å². The number of likely N-dealkylation sites (tertiary alicyclic amines) is 1. The van der Waals surface area contributed by atoms with E-state index in [-0.39, 0.29) is 11.9 Å². The molecule has 0 spiro atoms. The van der Waals surface area contributed by atoms with Crippen molar-refractivity contribution in [1.82, 2.24) is 20.2 Å². The van der Waals surface area contributed by atoms with Gasteiger partial charge in [-0.05, 0) is 25.8 Å². The summed E-state index contributed by atoms with van der Waals surface area (Å²) in [5.41, 5.74) is 0.397. The molecule has 0 saturated carbocycles. The molecule has 2 heterocycles. The first-order chi connectivity index (χ1) is 8.79. The van der Waals surface area contributed by atoms with E-state index < -0.39 is 0 Å². The van der Waals surface area contributed by atoms with Gasteiger partial charge in [-0.2, -0.15) is 0 Å². The number of carbonyl (C=O) groups excluding carboxylic acids is 1. The molecule has 0 aliphatic carbocycles. The van der Waals surface area contributed by atoms with E-state index in [2.05, 4.69) is 27.1 Å². The monoisotopic (exact) mass is 248 g/mol. The van der Waals surface area contributed by atoms with Crippen molar-refractivity contribution in [3.05, 3.63) is 24.3 Å². The van der Waals surface area contributed by atoms with Gasteiger partial charge in [-0.25, -0.2) is 4.98 Å². The molecule has 1 fully saturated rings. The molecule has 5 heteroatoms. The molecule has 1 amide bonds. The predicted octanol–water partition coefficient (Wildman–Crippen LogP) is 1.08. The van der Waals surface area contributed by atoms with Gasteiger partial charge in [0.05, 0.1) is 6.20 Å². The number of aromatic nitrogens is 2. The average molecular weight is 248 g/mol.